The van der Waals surface area contributed by atoms with Gasteiger partial charge in [-0.05, 0) is 80.0 Å². The molecule has 1 amide bonds. The third-order valence-electron chi connectivity index (χ3n) is 7.79. The quantitative estimate of drug-likeness (QED) is 0.683. The number of rotatable bonds is 5. The summed E-state index contributed by atoms with van der Waals surface area (Å²) in [4.78, 5) is 27.4. The van der Waals surface area contributed by atoms with Crippen molar-refractivity contribution in [2.24, 2.45) is 0 Å². The maximum Gasteiger partial charge on any atom is 0.336 e. The number of aromatic carboxylic acids is 1. The van der Waals surface area contributed by atoms with Crippen LogP contribution >= 0.6 is 0 Å². The van der Waals surface area contributed by atoms with Crippen molar-refractivity contribution in [3.8, 4) is 11.1 Å². The fourth-order valence-corrected chi connectivity index (χ4v) is 5.83. The van der Waals surface area contributed by atoms with E-state index in [2.05, 4.69) is 23.2 Å². The Morgan fingerprint density at radius 2 is 1.79 bits per heavy atom. The Morgan fingerprint density at radius 3 is 2.47 bits per heavy atom. The summed E-state index contributed by atoms with van der Waals surface area (Å²) in [6, 6.07) is 10.2. The van der Waals surface area contributed by atoms with Gasteiger partial charge in [0.15, 0.2) is 0 Å². The highest BCUT2D eigenvalue weighted by atomic mass is 16.5. The number of ether oxygens (including phenoxy) is 2. The Morgan fingerprint density at radius 1 is 1.09 bits per heavy atom. The van der Waals surface area contributed by atoms with E-state index in [9.17, 15) is 14.7 Å². The van der Waals surface area contributed by atoms with Crippen LogP contribution in [0.25, 0.3) is 11.1 Å². The average Bonchev–Trinajstić information content (AvgIpc) is 3.11. The molecule has 3 aliphatic heterocycles. The van der Waals surface area contributed by atoms with E-state index in [0.29, 0.717) is 37.7 Å². The highest BCUT2D eigenvalue weighted by Crippen LogP contribution is 2.46. The van der Waals surface area contributed by atoms with Crippen molar-refractivity contribution < 1.29 is 24.2 Å². The van der Waals surface area contributed by atoms with E-state index >= 15 is 0 Å². The molecule has 0 radical (unpaired) electrons. The second-order valence-electron chi connectivity index (χ2n) is 9.51. The number of nitrogens with zero attached hydrogens (tertiary/aromatic N) is 1. The number of anilines is 2. The Labute approximate surface area is 200 Å². The maximum atomic E-state index is 12.9. The Balaban J connectivity index is 1.57. The zero-order chi connectivity index (χ0) is 23.9. The molecule has 0 bridgehead atoms. The van der Waals surface area contributed by atoms with Crippen LogP contribution in [0.15, 0.2) is 30.3 Å². The van der Waals surface area contributed by atoms with Gasteiger partial charge in [-0.15, -0.1) is 0 Å². The number of carbonyl (C=O) groups excluding carboxylic acids is 1. The second-order valence-corrected chi connectivity index (χ2v) is 9.51. The van der Waals surface area contributed by atoms with Crippen LogP contribution < -0.4 is 10.2 Å². The van der Waals surface area contributed by atoms with Gasteiger partial charge < -0.3 is 24.8 Å². The summed E-state index contributed by atoms with van der Waals surface area (Å²) in [5, 5.41) is 13.1. The standard InChI is InChI=1S/C27H32N2O5/c1-3-29(20-6-10-33-11-7-20)24-16-19(14-21(17(24)2)25(30)31)18-4-5-22-23(15-18)28-26(32)27(22)8-12-34-13-9-27/h4-5,14-16,20H,3,6-13H2,1-2H3,(H,28,32)(H,30,31). The number of carboxylic acids is 1. The molecule has 5 rings (SSSR count). The van der Waals surface area contributed by atoms with Crippen molar-refractivity contribution in [3.63, 3.8) is 0 Å². The fourth-order valence-electron chi connectivity index (χ4n) is 5.83. The van der Waals surface area contributed by atoms with Gasteiger partial charge >= 0.3 is 5.97 Å². The van der Waals surface area contributed by atoms with Gasteiger partial charge in [-0.25, -0.2) is 4.79 Å². The normalized spacial score (nSPS) is 19.6. The summed E-state index contributed by atoms with van der Waals surface area (Å²) in [7, 11) is 0. The van der Waals surface area contributed by atoms with Gasteiger partial charge in [0.25, 0.3) is 0 Å². The van der Waals surface area contributed by atoms with Crippen molar-refractivity contribution in [2.45, 2.75) is 51.0 Å². The molecule has 2 saturated heterocycles. The predicted octanol–water partition coefficient (Wildman–Crippen LogP) is 4.37. The highest BCUT2D eigenvalue weighted by molar-refractivity contribution is 6.07. The first-order valence-corrected chi connectivity index (χ1v) is 12.2. The summed E-state index contributed by atoms with van der Waals surface area (Å²) in [5.74, 6) is -0.894. The van der Waals surface area contributed by atoms with E-state index in [0.717, 1.165) is 66.2 Å². The van der Waals surface area contributed by atoms with Crippen molar-refractivity contribution in [1.29, 1.82) is 0 Å². The first-order valence-electron chi connectivity index (χ1n) is 12.2. The minimum Gasteiger partial charge on any atom is -0.478 e. The topological polar surface area (TPSA) is 88.1 Å². The lowest BCUT2D eigenvalue weighted by Gasteiger charge is -2.36. The number of carbonyl (C=O) groups is 2. The maximum absolute atomic E-state index is 12.9. The first-order chi connectivity index (χ1) is 16.4. The molecule has 3 aliphatic rings. The van der Waals surface area contributed by atoms with E-state index in [1.165, 1.54) is 0 Å². The van der Waals surface area contributed by atoms with Crippen LogP contribution in [0, 0.1) is 6.92 Å². The molecule has 7 nitrogen and oxygen atoms in total. The Bertz CT molecular complexity index is 1120. The number of hydrogen-bond donors (Lipinski definition) is 2. The van der Waals surface area contributed by atoms with Gasteiger partial charge in [0.2, 0.25) is 5.91 Å². The molecule has 1 spiro atoms. The van der Waals surface area contributed by atoms with Gasteiger partial charge in [0, 0.05) is 50.4 Å². The molecule has 0 aromatic heterocycles. The molecular formula is C27H32N2O5. The van der Waals surface area contributed by atoms with Crippen LogP contribution in [0.3, 0.4) is 0 Å². The highest BCUT2D eigenvalue weighted by Gasteiger charge is 2.47. The van der Waals surface area contributed by atoms with E-state index in [1.54, 1.807) is 6.07 Å². The number of benzene rings is 2. The number of hydrogen-bond acceptors (Lipinski definition) is 5. The number of carboxylic acid groups (broad SMARTS) is 1. The number of nitrogens with one attached hydrogen (secondary N) is 1. The smallest absolute Gasteiger partial charge is 0.336 e. The second kappa shape index (κ2) is 9.04. The molecule has 2 fully saturated rings. The lowest BCUT2D eigenvalue weighted by atomic mass is 9.75. The van der Waals surface area contributed by atoms with Crippen molar-refractivity contribution in [2.75, 3.05) is 43.2 Å². The van der Waals surface area contributed by atoms with Gasteiger partial charge in [-0.2, -0.15) is 0 Å². The molecular weight excluding hydrogens is 432 g/mol. The molecule has 2 aromatic rings. The van der Waals surface area contributed by atoms with Crippen molar-refractivity contribution >= 4 is 23.3 Å². The van der Waals surface area contributed by atoms with Crippen molar-refractivity contribution in [1.82, 2.24) is 0 Å². The Hall–Kier alpha value is -2.90. The molecule has 3 heterocycles. The van der Waals surface area contributed by atoms with E-state index < -0.39 is 11.4 Å². The van der Waals surface area contributed by atoms with Gasteiger partial charge in [-0.1, -0.05) is 12.1 Å². The van der Waals surface area contributed by atoms with Gasteiger partial charge in [0.1, 0.15) is 0 Å². The summed E-state index contributed by atoms with van der Waals surface area (Å²) in [6.45, 7) is 7.40. The Kier molecular flexibility index (Phi) is 6.08. The molecule has 7 heteroatoms. The molecule has 2 N–H and O–H groups in total. The minimum atomic E-state index is -0.931. The average molecular weight is 465 g/mol. The predicted molar refractivity (Wildman–Crippen MR) is 131 cm³/mol. The van der Waals surface area contributed by atoms with Crippen LogP contribution in [0.2, 0.25) is 0 Å². The summed E-state index contributed by atoms with van der Waals surface area (Å²) >= 11 is 0. The lowest BCUT2D eigenvalue weighted by Crippen LogP contribution is -2.40. The molecule has 0 atom stereocenters. The number of amides is 1. The monoisotopic (exact) mass is 464 g/mol. The molecule has 34 heavy (non-hydrogen) atoms. The lowest BCUT2D eigenvalue weighted by molar-refractivity contribution is -0.124. The molecule has 0 saturated carbocycles. The van der Waals surface area contributed by atoms with Crippen LogP contribution in [-0.4, -0.2) is 56.0 Å². The van der Waals surface area contributed by atoms with Crippen molar-refractivity contribution in [3.05, 3.63) is 47.0 Å². The third kappa shape index (κ3) is 3.77. The van der Waals surface area contributed by atoms with Gasteiger partial charge in [0.05, 0.1) is 11.0 Å². The van der Waals surface area contributed by atoms with E-state index in [-0.39, 0.29) is 5.91 Å². The summed E-state index contributed by atoms with van der Waals surface area (Å²) in [6.07, 6.45) is 3.21. The largest absolute Gasteiger partial charge is 0.478 e. The van der Waals surface area contributed by atoms with Crippen LogP contribution in [-0.2, 0) is 19.7 Å². The van der Waals surface area contributed by atoms with Gasteiger partial charge in [-0.3, -0.25) is 4.79 Å². The molecule has 2 aromatic carbocycles. The SMILES string of the molecule is CCN(c1cc(-c2ccc3c(c2)NC(=O)C32CCOCC2)cc(C(=O)O)c1C)C1CCOCC1. The summed E-state index contributed by atoms with van der Waals surface area (Å²) < 4.78 is 11.1. The zero-order valence-electron chi connectivity index (χ0n) is 19.9. The third-order valence-corrected chi connectivity index (χ3v) is 7.79. The van der Waals surface area contributed by atoms with Crippen LogP contribution in [0.5, 0.6) is 0 Å². The van der Waals surface area contributed by atoms with Crippen LogP contribution in [0.1, 0.15) is 54.1 Å². The minimum absolute atomic E-state index is 0.0374. The summed E-state index contributed by atoms with van der Waals surface area (Å²) in [5.41, 5.74) is 5.11. The molecule has 0 aliphatic carbocycles. The zero-order valence-corrected chi connectivity index (χ0v) is 19.9. The molecule has 180 valence electrons. The molecule has 0 unspecified atom stereocenters. The fraction of sp³-hybridized carbons (Fsp3) is 0.481. The van der Waals surface area contributed by atoms with E-state index in [1.807, 2.05) is 25.1 Å². The van der Waals surface area contributed by atoms with E-state index in [4.69, 9.17) is 9.47 Å². The number of fused-ring (bicyclic) bond motifs is 2. The first kappa shape index (κ1) is 22.9. The van der Waals surface area contributed by atoms with Crippen LogP contribution in [0.4, 0.5) is 11.4 Å².